The second kappa shape index (κ2) is 31.3. The third-order valence-corrected chi connectivity index (χ3v) is 22.0. The molecule has 0 radical (unpaired) electrons. The van der Waals surface area contributed by atoms with E-state index in [9.17, 15) is 19.2 Å². The molecule has 1 aromatic heterocycles. The van der Waals surface area contributed by atoms with E-state index in [1.165, 1.54) is 28.3 Å². The monoisotopic (exact) mass is 1450 g/mol. The van der Waals surface area contributed by atoms with Crippen molar-refractivity contribution in [3.8, 4) is 11.5 Å². The highest BCUT2D eigenvalue weighted by Gasteiger charge is 2.48. The first kappa shape index (κ1) is 72.7. The van der Waals surface area contributed by atoms with Crippen LogP contribution in [0.4, 0.5) is 30.9 Å². The van der Waals surface area contributed by atoms with Crippen LogP contribution >= 0.6 is 23.2 Å². The number of ether oxygens (including phenoxy) is 2. The second-order valence-corrected chi connectivity index (χ2v) is 30.8. The molecule has 26 heteroatoms. The number of amides is 6. The van der Waals surface area contributed by atoms with Crippen molar-refractivity contribution in [2.45, 2.75) is 110 Å². The number of nitrogens with zero attached hydrogens (tertiary/aromatic N) is 11. The Morgan fingerprint density at radius 2 is 1.38 bits per heavy atom. The van der Waals surface area contributed by atoms with Crippen LogP contribution in [0.15, 0.2) is 121 Å². The first-order chi connectivity index (χ1) is 49.5. The van der Waals surface area contributed by atoms with Gasteiger partial charge in [-0.15, -0.1) is 0 Å². The molecule has 0 unspecified atom stereocenters. The fourth-order valence-electron chi connectivity index (χ4n) is 15.7. The average molecular weight is 1450 g/mol. The van der Waals surface area contributed by atoms with Gasteiger partial charge in [-0.25, -0.2) is 23.5 Å². The van der Waals surface area contributed by atoms with Gasteiger partial charge in [0, 0.05) is 112 Å². The number of piperazine rings is 2. The molecule has 2 spiro atoms. The first-order valence-corrected chi connectivity index (χ1v) is 36.7. The Balaban J connectivity index is 0.535. The summed E-state index contributed by atoms with van der Waals surface area (Å²) in [5.41, 5.74) is 4.32. The lowest BCUT2D eigenvalue weighted by Crippen LogP contribution is -2.66. The van der Waals surface area contributed by atoms with Crippen LogP contribution in [0.3, 0.4) is 0 Å². The van der Waals surface area contributed by atoms with Gasteiger partial charge in [0.15, 0.2) is 0 Å². The molecule has 7 aliphatic heterocycles. The third-order valence-electron chi connectivity index (χ3n) is 21.5. The smallest absolute Gasteiger partial charge is 0.326 e. The number of carbonyl (C=O) groups is 5. The molecule has 6 fully saturated rings. The van der Waals surface area contributed by atoms with Gasteiger partial charge in [-0.05, 0) is 154 Å². The van der Waals surface area contributed by atoms with Crippen molar-refractivity contribution in [2.24, 2.45) is 15.8 Å². The van der Waals surface area contributed by atoms with Crippen molar-refractivity contribution in [2.75, 3.05) is 133 Å². The maximum atomic E-state index is 15.8. The van der Waals surface area contributed by atoms with Crippen LogP contribution < -0.4 is 40.5 Å². The summed E-state index contributed by atoms with van der Waals surface area (Å²) in [5.74, 6) is 0.958. The number of urea groups is 1. The van der Waals surface area contributed by atoms with Gasteiger partial charge >= 0.3 is 6.03 Å². The lowest BCUT2D eigenvalue weighted by atomic mass is 9.82. The van der Waals surface area contributed by atoms with E-state index in [2.05, 4.69) is 70.7 Å². The molecule has 7 aliphatic rings. The second-order valence-electron chi connectivity index (χ2n) is 29.9. The number of aromatic nitrogens is 2. The Kier molecular flexibility index (Phi) is 22.1. The van der Waals surface area contributed by atoms with E-state index in [1.54, 1.807) is 53.3 Å². The number of anilines is 3. The van der Waals surface area contributed by atoms with Gasteiger partial charge in [-0.2, -0.15) is 0 Å². The molecule has 546 valence electrons. The highest BCUT2D eigenvalue weighted by molar-refractivity contribution is 6.30. The van der Waals surface area contributed by atoms with Crippen molar-refractivity contribution in [1.82, 2.24) is 55.3 Å². The normalized spacial score (nSPS) is 21.5. The number of benzene rings is 5. The van der Waals surface area contributed by atoms with Crippen LogP contribution in [0.1, 0.15) is 112 Å². The summed E-state index contributed by atoms with van der Waals surface area (Å²) in [6.07, 6.45) is 6.50. The number of methoxy groups -OCH3 is 1. The van der Waals surface area contributed by atoms with Crippen molar-refractivity contribution in [1.29, 1.82) is 0 Å². The number of nitrogens with one attached hydrogen (secondary N) is 4. The predicted molar refractivity (Wildman–Crippen MR) is 393 cm³/mol. The highest BCUT2D eigenvalue weighted by atomic mass is 35.5. The lowest BCUT2D eigenvalue weighted by Gasteiger charge is -2.48. The number of amidine groups is 1. The standard InChI is InChI=1S/C77H93Cl2F2N15O7/c1-51(2)103-64-37-59(102-5)17-18-60(64)73-87-71(54-9-13-57(78)14-10-54)72(55-11-15-58(79)16-12-55)96(73)74(101)94-34-33-93(70(100)46-94)44-68(98)82-25-32-90-28-21-76(47-90)22-29-91(48-76)43-67(97)84-41-53-8-6-7-52(35-53)40-83-65-39-66(86-50-85-65)92-30-23-77(24-31-92)49-95(45-69(99)88-77)63-38-61(80)56(36-62(63)81)42-89-26-19-75(3,4)20-27-89/h6-18,35-39,50-51,71-72H,19-34,40-49H2,1-5H3,(H,82,98)(H,84,97)(H,88,99)(H,83,85,86)/t71-,72+,76+/m0/s1. The minimum Gasteiger partial charge on any atom is -0.497 e. The molecule has 0 bridgehead atoms. The fourth-order valence-corrected chi connectivity index (χ4v) is 16.0. The molecule has 8 heterocycles. The third kappa shape index (κ3) is 17.4. The van der Waals surface area contributed by atoms with Gasteiger partial charge in [-0.1, -0.05) is 85.6 Å². The average Bonchev–Trinajstić information content (AvgIpc) is 1.11. The zero-order valence-corrected chi connectivity index (χ0v) is 60.9. The number of piperidine rings is 2. The van der Waals surface area contributed by atoms with E-state index >= 15 is 13.6 Å². The van der Waals surface area contributed by atoms with Crippen molar-refractivity contribution in [3.63, 3.8) is 0 Å². The zero-order chi connectivity index (χ0) is 72.2. The van der Waals surface area contributed by atoms with Crippen LogP contribution in [0.25, 0.3) is 0 Å². The summed E-state index contributed by atoms with van der Waals surface area (Å²) in [6.45, 7) is 17.4. The lowest BCUT2D eigenvalue weighted by molar-refractivity contribution is -0.139. The predicted octanol–water partition coefficient (Wildman–Crippen LogP) is 9.71. The number of hydrogen-bond acceptors (Lipinski definition) is 16. The molecule has 13 rings (SSSR count). The summed E-state index contributed by atoms with van der Waals surface area (Å²) in [7, 11) is 1.58. The first-order valence-electron chi connectivity index (χ1n) is 36.0. The van der Waals surface area contributed by atoms with E-state index < -0.39 is 35.3 Å². The van der Waals surface area contributed by atoms with Crippen molar-refractivity contribution >= 4 is 76.0 Å². The van der Waals surface area contributed by atoms with E-state index in [0.717, 1.165) is 93.0 Å². The molecule has 0 aliphatic carbocycles. The number of aliphatic imine (C=N–C) groups is 1. The quantitative estimate of drug-likeness (QED) is 0.0498. The zero-order valence-electron chi connectivity index (χ0n) is 59.4. The minimum absolute atomic E-state index is 0.0379. The maximum absolute atomic E-state index is 15.8. The highest BCUT2D eigenvalue weighted by Crippen LogP contribution is 2.47. The number of halogens is 4. The minimum atomic E-state index is -0.659. The molecule has 0 saturated carbocycles. The van der Waals surface area contributed by atoms with Gasteiger partial charge in [0.2, 0.25) is 23.6 Å². The Morgan fingerprint density at radius 1 is 0.689 bits per heavy atom. The molecular weight excluding hydrogens is 1360 g/mol. The van der Waals surface area contributed by atoms with E-state index in [1.807, 2.05) is 68.4 Å². The SMILES string of the molecule is COc1ccc(C2=N[C@@H](c3ccc(Cl)cc3)[C@@H](c3ccc(Cl)cc3)N2C(=O)N2CCN(CC(=O)NCCN3CC[C@@]4(CCN(CC(=O)NCc5cccc(CNc6cc(N7CCC8(CC7)CN(c7cc(F)c(CN9CCC(C)(C)CC9)cc7F)CC(=O)N8)ncn6)c5)C4)C3)C(=O)C2)c(OC(C)C)c1. The van der Waals surface area contributed by atoms with Gasteiger partial charge in [-0.3, -0.25) is 38.9 Å². The van der Waals surface area contributed by atoms with Crippen LogP contribution in [0, 0.1) is 22.5 Å². The Labute approximate surface area is 611 Å². The number of rotatable bonds is 22. The molecule has 6 aromatic rings. The number of likely N-dealkylation sites (tertiary alicyclic amines) is 3. The molecule has 3 atom stereocenters. The van der Waals surface area contributed by atoms with Crippen LogP contribution in [0.2, 0.25) is 10.0 Å². The molecule has 5 aromatic carbocycles. The Morgan fingerprint density at radius 3 is 2.10 bits per heavy atom. The van der Waals surface area contributed by atoms with Crippen molar-refractivity contribution < 1.29 is 42.2 Å². The molecule has 103 heavy (non-hydrogen) atoms. The molecular formula is C77H93Cl2F2N15O7. The summed E-state index contributed by atoms with van der Waals surface area (Å²) < 4.78 is 43.4. The summed E-state index contributed by atoms with van der Waals surface area (Å²) in [6, 6.07) is 31.0. The Bertz CT molecular complexity index is 4120. The van der Waals surface area contributed by atoms with Crippen LogP contribution in [-0.2, 0) is 38.8 Å². The molecule has 6 saturated heterocycles. The summed E-state index contributed by atoms with van der Waals surface area (Å²) >= 11 is 12.8. The van der Waals surface area contributed by atoms with Crippen LogP contribution in [-0.4, -0.2) is 205 Å². The van der Waals surface area contributed by atoms with Crippen molar-refractivity contribution in [3.05, 3.63) is 171 Å². The summed E-state index contributed by atoms with van der Waals surface area (Å²) in [5, 5.41) is 13.9. The van der Waals surface area contributed by atoms with Gasteiger partial charge in [0.05, 0.1) is 55.7 Å². The van der Waals surface area contributed by atoms with E-state index in [-0.39, 0.29) is 79.0 Å². The summed E-state index contributed by atoms with van der Waals surface area (Å²) in [4.78, 5) is 99.1. The topological polar surface area (TPSA) is 216 Å². The van der Waals surface area contributed by atoms with E-state index in [4.69, 9.17) is 37.7 Å². The number of hydrogen-bond donors (Lipinski definition) is 4. The fraction of sp³-hybridized carbons (Fsp3) is 0.481. The largest absolute Gasteiger partial charge is 0.497 e. The van der Waals surface area contributed by atoms with E-state index in [0.29, 0.717) is 116 Å². The number of carbonyl (C=O) groups excluding carboxylic acids is 5. The van der Waals surface area contributed by atoms with Gasteiger partial charge < -0.3 is 55.2 Å². The molecule has 6 amide bonds. The van der Waals surface area contributed by atoms with Gasteiger partial charge in [0.1, 0.15) is 59.5 Å². The maximum Gasteiger partial charge on any atom is 0.326 e. The molecule has 22 nitrogen and oxygen atoms in total. The molecule has 4 N–H and O–H groups in total. The van der Waals surface area contributed by atoms with Gasteiger partial charge in [0.25, 0.3) is 0 Å². The van der Waals surface area contributed by atoms with Crippen LogP contribution in [0.5, 0.6) is 11.5 Å². The Hall–Kier alpha value is -8.68.